The predicted molar refractivity (Wildman–Crippen MR) is 136 cm³/mol. The van der Waals surface area contributed by atoms with Gasteiger partial charge >= 0.3 is 6.09 Å². The molecule has 2 aromatic rings. The summed E-state index contributed by atoms with van der Waals surface area (Å²) < 4.78 is 38.1. The van der Waals surface area contributed by atoms with Gasteiger partial charge in [-0.2, -0.15) is 0 Å². The number of aliphatic hydroxyl groups is 1. The van der Waals surface area contributed by atoms with Gasteiger partial charge in [0.15, 0.2) is 0 Å². The highest BCUT2D eigenvalue weighted by Crippen LogP contribution is 2.46. The van der Waals surface area contributed by atoms with Gasteiger partial charge in [0.1, 0.15) is 23.1 Å². The minimum atomic E-state index is -3.51. The lowest BCUT2D eigenvalue weighted by Gasteiger charge is -2.47. The first kappa shape index (κ1) is 26.8. The van der Waals surface area contributed by atoms with Crippen LogP contribution in [0.3, 0.4) is 0 Å². The third-order valence-electron chi connectivity index (χ3n) is 5.87. The molecule has 1 heterocycles. The van der Waals surface area contributed by atoms with E-state index in [0.29, 0.717) is 35.5 Å². The molecule has 0 saturated carbocycles. The van der Waals surface area contributed by atoms with Crippen molar-refractivity contribution in [1.82, 2.24) is 4.90 Å². The van der Waals surface area contributed by atoms with Crippen LogP contribution in [0.15, 0.2) is 42.5 Å². The molecule has 0 aliphatic carbocycles. The molecule has 35 heavy (non-hydrogen) atoms. The Morgan fingerprint density at radius 3 is 2.37 bits per heavy atom. The van der Waals surface area contributed by atoms with Gasteiger partial charge < -0.3 is 14.6 Å². The SMILES string of the molecule is Cc1c(NS(C)(=O)=O)ccc2c1OC(C)(C)[C@H](O)[C@H]2N(CCc1ccccc1)C(=O)OC(C)(C)C. The monoisotopic (exact) mass is 504 g/mol. The van der Waals surface area contributed by atoms with E-state index in [9.17, 15) is 18.3 Å². The summed E-state index contributed by atoms with van der Waals surface area (Å²) in [6.45, 7) is 10.9. The number of hydrogen-bond donors (Lipinski definition) is 2. The topological polar surface area (TPSA) is 105 Å². The summed E-state index contributed by atoms with van der Waals surface area (Å²) in [4.78, 5) is 15.0. The number of carbonyl (C=O) groups is 1. The zero-order valence-corrected chi connectivity index (χ0v) is 22.3. The summed E-state index contributed by atoms with van der Waals surface area (Å²) in [5.74, 6) is 0.437. The van der Waals surface area contributed by atoms with Gasteiger partial charge in [0.25, 0.3) is 0 Å². The number of benzene rings is 2. The normalized spacial score (nSPS) is 19.3. The number of hydrogen-bond acceptors (Lipinski definition) is 6. The minimum absolute atomic E-state index is 0.304. The molecular weight excluding hydrogens is 468 g/mol. The van der Waals surface area contributed by atoms with Crippen LogP contribution in [0.5, 0.6) is 5.75 Å². The van der Waals surface area contributed by atoms with E-state index < -0.39 is 39.5 Å². The lowest BCUT2D eigenvalue weighted by Crippen LogP contribution is -2.55. The van der Waals surface area contributed by atoms with Crippen molar-refractivity contribution in [2.75, 3.05) is 17.5 Å². The van der Waals surface area contributed by atoms with Gasteiger partial charge in [0.2, 0.25) is 10.0 Å². The Hall–Kier alpha value is -2.78. The second-order valence-electron chi connectivity index (χ2n) is 10.5. The van der Waals surface area contributed by atoms with Gasteiger partial charge in [-0.1, -0.05) is 36.4 Å². The molecule has 0 saturated heterocycles. The fraction of sp³-hybridized carbons (Fsp3) is 0.500. The number of sulfonamides is 1. The maximum atomic E-state index is 13.4. The molecule has 1 aliphatic rings. The second-order valence-corrected chi connectivity index (χ2v) is 12.3. The Morgan fingerprint density at radius 2 is 1.80 bits per heavy atom. The molecule has 0 unspecified atom stereocenters. The molecule has 9 heteroatoms. The zero-order chi connectivity index (χ0) is 26.2. The fourth-order valence-electron chi connectivity index (χ4n) is 4.16. The number of fused-ring (bicyclic) bond motifs is 1. The number of nitrogens with one attached hydrogen (secondary N) is 1. The van der Waals surface area contributed by atoms with Gasteiger partial charge in [-0.3, -0.25) is 9.62 Å². The molecule has 3 rings (SSSR count). The first-order chi connectivity index (χ1) is 16.1. The number of carbonyl (C=O) groups excluding carboxylic acids is 1. The van der Waals surface area contributed by atoms with Gasteiger partial charge in [0, 0.05) is 17.7 Å². The number of ether oxygens (including phenoxy) is 2. The molecule has 192 valence electrons. The first-order valence-corrected chi connectivity index (χ1v) is 13.5. The molecule has 8 nitrogen and oxygen atoms in total. The molecule has 2 aromatic carbocycles. The maximum absolute atomic E-state index is 13.4. The van der Waals surface area contributed by atoms with E-state index in [1.807, 2.05) is 30.3 Å². The quantitative estimate of drug-likeness (QED) is 0.603. The Kier molecular flexibility index (Phi) is 7.43. The van der Waals surface area contributed by atoms with Crippen molar-refractivity contribution in [1.29, 1.82) is 0 Å². The van der Waals surface area contributed by atoms with E-state index in [-0.39, 0.29) is 0 Å². The van der Waals surface area contributed by atoms with Crippen molar-refractivity contribution in [2.24, 2.45) is 0 Å². The Balaban J connectivity index is 2.10. The number of nitrogens with zero attached hydrogens (tertiary/aromatic N) is 1. The summed E-state index contributed by atoms with van der Waals surface area (Å²) in [7, 11) is -3.51. The van der Waals surface area contributed by atoms with Gasteiger partial charge in [0.05, 0.1) is 18.0 Å². The van der Waals surface area contributed by atoms with Crippen molar-refractivity contribution in [3.05, 3.63) is 59.2 Å². The summed E-state index contributed by atoms with van der Waals surface area (Å²) >= 11 is 0. The van der Waals surface area contributed by atoms with Gasteiger partial charge in [-0.05, 0) is 59.6 Å². The van der Waals surface area contributed by atoms with Crippen molar-refractivity contribution in [3.63, 3.8) is 0 Å². The van der Waals surface area contributed by atoms with E-state index in [4.69, 9.17) is 9.47 Å². The number of rotatable bonds is 6. The predicted octanol–water partition coefficient (Wildman–Crippen LogP) is 4.42. The standard InChI is InChI=1S/C26H36N2O6S/c1-17-20(27-35(7,31)32)14-13-19-21(23(29)26(5,6)33-22(17)19)28(24(30)34-25(2,3)4)16-15-18-11-9-8-10-12-18/h8-14,21,23,27,29H,15-16H2,1-7H3/t21-,23+/m0/s1. The number of aliphatic hydroxyl groups excluding tert-OH is 1. The molecule has 0 radical (unpaired) electrons. The summed E-state index contributed by atoms with van der Waals surface area (Å²) in [5.41, 5.74) is 0.808. The van der Waals surface area contributed by atoms with Gasteiger partial charge in [-0.15, -0.1) is 0 Å². The van der Waals surface area contributed by atoms with Crippen LogP contribution in [-0.4, -0.2) is 54.6 Å². The molecule has 0 spiro atoms. The van der Waals surface area contributed by atoms with E-state index >= 15 is 0 Å². The van der Waals surface area contributed by atoms with Crippen molar-refractivity contribution < 1.29 is 27.8 Å². The molecule has 0 bridgehead atoms. The van der Waals surface area contributed by atoms with Crippen molar-refractivity contribution in [2.45, 2.75) is 71.3 Å². The van der Waals surface area contributed by atoms with Crippen LogP contribution < -0.4 is 9.46 Å². The first-order valence-electron chi connectivity index (χ1n) is 11.6. The average Bonchev–Trinajstić information content (AvgIpc) is 2.72. The van der Waals surface area contributed by atoms with E-state index in [1.165, 1.54) is 0 Å². The smallest absolute Gasteiger partial charge is 0.410 e. The zero-order valence-electron chi connectivity index (χ0n) is 21.5. The van der Waals surface area contributed by atoms with E-state index in [0.717, 1.165) is 11.8 Å². The van der Waals surface area contributed by atoms with Crippen LogP contribution in [-0.2, 0) is 21.2 Å². The summed E-state index contributed by atoms with van der Waals surface area (Å²) in [6, 6.07) is 12.3. The third-order valence-corrected chi connectivity index (χ3v) is 6.47. The molecule has 0 fully saturated rings. The van der Waals surface area contributed by atoms with Crippen LogP contribution in [0, 0.1) is 6.92 Å². The van der Waals surface area contributed by atoms with Gasteiger partial charge in [-0.25, -0.2) is 13.2 Å². The van der Waals surface area contributed by atoms with Crippen LogP contribution >= 0.6 is 0 Å². The lowest BCUT2D eigenvalue weighted by molar-refractivity contribution is -0.0940. The second kappa shape index (κ2) is 9.70. The highest BCUT2D eigenvalue weighted by Gasteiger charge is 2.48. The van der Waals surface area contributed by atoms with E-state index in [1.54, 1.807) is 58.6 Å². The molecule has 1 amide bonds. The van der Waals surface area contributed by atoms with Crippen LogP contribution in [0.2, 0.25) is 0 Å². The molecular formula is C26H36N2O6S. The molecule has 2 N–H and O–H groups in total. The summed E-state index contributed by atoms with van der Waals surface area (Å²) in [5, 5.41) is 11.4. The number of anilines is 1. The average molecular weight is 505 g/mol. The Bertz CT molecular complexity index is 1170. The van der Waals surface area contributed by atoms with Crippen LogP contribution in [0.4, 0.5) is 10.5 Å². The largest absolute Gasteiger partial charge is 0.484 e. The molecule has 1 aliphatic heterocycles. The van der Waals surface area contributed by atoms with E-state index in [2.05, 4.69) is 4.72 Å². The highest BCUT2D eigenvalue weighted by molar-refractivity contribution is 7.92. The van der Waals surface area contributed by atoms with Crippen molar-refractivity contribution >= 4 is 21.8 Å². The lowest BCUT2D eigenvalue weighted by atomic mass is 9.84. The Morgan fingerprint density at radius 1 is 1.17 bits per heavy atom. The maximum Gasteiger partial charge on any atom is 0.410 e. The minimum Gasteiger partial charge on any atom is -0.484 e. The summed E-state index contributed by atoms with van der Waals surface area (Å²) in [6.07, 6.45) is 0.0347. The third kappa shape index (κ3) is 6.46. The molecule has 0 aromatic heterocycles. The number of amides is 1. The molecule has 2 atom stereocenters. The van der Waals surface area contributed by atoms with Crippen molar-refractivity contribution in [3.8, 4) is 5.75 Å². The van der Waals surface area contributed by atoms with Crippen LogP contribution in [0.25, 0.3) is 0 Å². The highest BCUT2D eigenvalue weighted by atomic mass is 32.2. The fourth-order valence-corrected chi connectivity index (χ4v) is 4.78. The van der Waals surface area contributed by atoms with Crippen LogP contribution in [0.1, 0.15) is 57.4 Å². The Labute approximate surface area is 208 Å².